The number of likely N-dealkylation sites (N-methyl/N-ethyl adjacent to an activating group) is 1. The Kier molecular flexibility index (Phi) is 3.83. The highest BCUT2D eigenvalue weighted by atomic mass is 16.2. The average molecular weight is 315 g/mol. The molecule has 1 aliphatic carbocycles. The maximum atomic E-state index is 12.4. The molecular weight excluding hydrogens is 290 g/mol. The Morgan fingerprint density at radius 3 is 2.70 bits per heavy atom. The summed E-state index contributed by atoms with van der Waals surface area (Å²) in [6, 6.07) is 0.624. The Hall–Kier alpha value is -1.85. The van der Waals surface area contributed by atoms with Gasteiger partial charge >= 0.3 is 6.03 Å². The standard InChI is InChI=1S/C17H25N5O/c1-2-20-10-11-22(17(20)23)13-6-8-21(9-7-13)16-14-4-3-5-15(14)18-12-19-16/h12-13H,2-11H2,1H3. The summed E-state index contributed by atoms with van der Waals surface area (Å²) < 4.78 is 0. The molecule has 0 radical (unpaired) electrons. The molecule has 0 saturated carbocycles. The first-order valence-electron chi connectivity index (χ1n) is 8.91. The SMILES string of the molecule is CCN1CCN(C2CCN(c3ncnc4c3CCC4)CC2)C1=O. The highest BCUT2D eigenvalue weighted by molar-refractivity contribution is 5.76. The van der Waals surface area contributed by atoms with Gasteiger partial charge in [0.1, 0.15) is 12.1 Å². The van der Waals surface area contributed by atoms with E-state index in [0.717, 1.165) is 64.2 Å². The van der Waals surface area contributed by atoms with Gasteiger partial charge in [-0.1, -0.05) is 0 Å². The number of rotatable bonds is 3. The summed E-state index contributed by atoms with van der Waals surface area (Å²) in [5.74, 6) is 1.15. The number of hydrogen-bond acceptors (Lipinski definition) is 4. The van der Waals surface area contributed by atoms with E-state index in [-0.39, 0.29) is 6.03 Å². The van der Waals surface area contributed by atoms with E-state index >= 15 is 0 Å². The molecule has 6 nitrogen and oxygen atoms in total. The summed E-state index contributed by atoms with van der Waals surface area (Å²) in [5, 5.41) is 0. The smallest absolute Gasteiger partial charge is 0.320 e. The van der Waals surface area contributed by atoms with Gasteiger partial charge in [0, 0.05) is 50.0 Å². The summed E-state index contributed by atoms with van der Waals surface area (Å²) in [6.45, 7) is 6.63. The van der Waals surface area contributed by atoms with Crippen LogP contribution in [0.5, 0.6) is 0 Å². The molecule has 0 N–H and O–H groups in total. The maximum absolute atomic E-state index is 12.4. The number of amides is 2. The molecule has 0 bridgehead atoms. The zero-order valence-electron chi connectivity index (χ0n) is 13.9. The number of urea groups is 1. The van der Waals surface area contributed by atoms with Gasteiger partial charge in [0.25, 0.3) is 0 Å². The van der Waals surface area contributed by atoms with E-state index < -0.39 is 0 Å². The number of carbonyl (C=O) groups excluding carboxylic acids is 1. The summed E-state index contributed by atoms with van der Waals surface area (Å²) in [6.07, 6.45) is 7.21. The van der Waals surface area contributed by atoms with Gasteiger partial charge in [0.2, 0.25) is 0 Å². The van der Waals surface area contributed by atoms with E-state index in [1.54, 1.807) is 6.33 Å². The van der Waals surface area contributed by atoms with Crippen molar-refractivity contribution in [1.29, 1.82) is 0 Å². The average Bonchev–Trinajstić information content (AvgIpc) is 3.21. The Labute approximate surface area is 137 Å². The molecule has 2 saturated heterocycles. The summed E-state index contributed by atoms with van der Waals surface area (Å²) in [5.41, 5.74) is 2.60. The molecule has 2 aliphatic heterocycles. The highest BCUT2D eigenvalue weighted by Gasteiger charge is 2.35. The van der Waals surface area contributed by atoms with Gasteiger partial charge in [-0.2, -0.15) is 0 Å². The monoisotopic (exact) mass is 315 g/mol. The first kappa shape index (κ1) is 14.7. The quantitative estimate of drug-likeness (QED) is 0.852. The van der Waals surface area contributed by atoms with Crippen molar-refractivity contribution >= 4 is 11.8 Å². The molecule has 1 aromatic rings. The van der Waals surface area contributed by atoms with Crippen molar-refractivity contribution in [1.82, 2.24) is 19.8 Å². The normalized spacial score (nSPS) is 22.1. The first-order valence-corrected chi connectivity index (χ1v) is 8.91. The number of piperidine rings is 1. The number of aromatic nitrogens is 2. The highest BCUT2D eigenvalue weighted by Crippen LogP contribution is 2.30. The van der Waals surface area contributed by atoms with Crippen molar-refractivity contribution in [3.63, 3.8) is 0 Å². The lowest BCUT2D eigenvalue weighted by molar-refractivity contribution is 0.169. The maximum Gasteiger partial charge on any atom is 0.320 e. The lowest BCUT2D eigenvalue weighted by Crippen LogP contribution is -2.47. The zero-order valence-corrected chi connectivity index (χ0v) is 13.9. The lowest BCUT2D eigenvalue weighted by atomic mass is 10.0. The molecule has 23 heavy (non-hydrogen) atoms. The third-order valence-corrected chi connectivity index (χ3v) is 5.57. The molecule has 0 atom stereocenters. The van der Waals surface area contributed by atoms with Gasteiger partial charge in [-0.3, -0.25) is 0 Å². The van der Waals surface area contributed by atoms with Crippen molar-refractivity contribution in [3.8, 4) is 0 Å². The van der Waals surface area contributed by atoms with E-state index in [2.05, 4.69) is 26.7 Å². The van der Waals surface area contributed by atoms with Crippen LogP contribution in [-0.4, -0.2) is 64.6 Å². The van der Waals surface area contributed by atoms with Gasteiger partial charge in [0.15, 0.2) is 0 Å². The van der Waals surface area contributed by atoms with Crippen LogP contribution in [0.3, 0.4) is 0 Å². The van der Waals surface area contributed by atoms with Gasteiger partial charge in [0.05, 0.1) is 0 Å². The largest absolute Gasteiger partial charge is 0.356 e. The van der Waals surface area contributed by atoms with Crippen LogP contribution in [0.2, 0.25) is 0 Å². The van der Waals surface area contributed by atoms with Crippen molar-refractivity contribution in [2.45, 2.75) is 45.1 Å². The number of hydrogen-bond donors (Lipinski definition) is 0. The summed E-state index contributed by atoms with van der Waals surface area (Å²) >= 11 is 0. The fourth-order valence-electron chi connectivity index (χ4n) is 4.24. The molecule has 1 aromatic heterocycles. The van der Waals surface area contributed by atoms with Crippen LogP contribution >= 0.6 is 0 Å². The van der Waals surface area contributed by atoms with Gasteiger partial charge in [-0.15, -0.1) is 0 Å². The minimum atomic E-state index is 0.230. The lowest BCUT2D eigenvalue weighted by Gasteiger charge is -2.37. The molecule has 6 heteroatoms. The molecule has 0 unspecified atom stereocenters. The second-order valence-corrected chi connectivity index (χ2v) is 6.75. The van der Waals surface area contributed by atoms with E-state index in [1.165, 1.54) is 17.7 Å². The summed E-state index contributed by atoms with van der Waals surface area (Å²) in [4.78, 5) is 27.8. The van der Waals surface area contributed by atoms with E-state index in [1.807, 2.05) is 4.90 Å². The Morgan fingerprint density at radius 1 is 1.13 bits per heavy atom. The van der Waals surface area contributed by atoms with Gasteiger partial charge in [-0.05, 0) is 39.0 Å². The second kappa shape index (κ2) is 5.98. The van der Waals surface area contributed by atoms with E-state index in [4.69, 9.17) is 0 Å². The Balaban J connectivity index is 1.42. The fraction of sp³-hybridized carbons (Fsp3) is 0.706. The third kappa shape index (κ3) is 2.54. The summed E-state index contributed by atoms with van der Waals surface area (Å²) in [7, 11) is 0. The topological polar surface area (TPSA) is 52.6 Å². The van der Waals surface area contributed by atoms with Crippen LogP contribution in [0.15, 0.2) is 6.33 Å². The van der Waals surface area contributed by atoms with Crippen molar-refractivity contribution in [3.05, 3.63) is 17.6 Å². The van der Waals surface area contributed by atoms with Crippen LogP contribution in [0, 0.1) is 0 Å². The van der Waals surface area contributed by atoms with Crippen LogP contribution < -0.4 is 4.90 Å². The van der Waals surface area contributed by atoms with E-state index in [9.17, 15) is 4.79 Å². The second-order valence-electron chi connectivity index (χ2n) is 6.75. The van der Waals surface area contributed by atoms with Crippen LogP contribution in [0.4, 0.5) is 10.6 Å². The molecule has 0 spiro atoms. The third-order valence-electron chi connectivity index (χ3n) is 5.57. The molecule has 0 aromatic carbocycles. The number of anilines is 1. The molecule has 3 aliphatic rings. The molecule has 2 amide bonds. The van der Waals surface area contributed by atoms with Crippen molar-refractivity contribution < 1.29 is 4.79 Å². The number of nitrogens with zero attached hydrogens (tertiary/aromatic N) is 5. The first-order chi connectivity index (χ1) is 11.3. The number of fused-ring (bicyclic) bond motifs is 1. The Morgan fingerprint density at radius 2 is 1.96 bits per heavy atom. The fourth-order valence-corrected chi connectivity index (χ4v) is 4.24. The van der Waals surface area contributed by atoms with Crippen LogP contribution in [-0.2, 0) is 12.8 Å². The van der Waals surface area contributed by atoms with Crippen LogP contribution in [0.25, 0.3) is 0 Å². The van der Waals surface area contributed by atoms with Gasteiger partial charge in [-0.25, -0.2) is 14.8 Å². The zero-order chi connectivity index (χ0) is 15.8. The van der Waals surface area contributed by atoms with Gasteiger partial charge < -0.3 is 14.7 Å². The Bertz CT molecular complexity index is 597. The van der Waals surface area contributed by atoms with Crippen LogP contribution in [0.1, 0.15) is 37.4 Å². The van der Waals surface area contributed by atoms with Crippen molar-refractivity contribution in [2.75, 3.05) is 37.6 Å². The van der Waals surface area contributed by atoms with E-state index in [0.29, 0.717) is 6.04 Å². The van der Waals surface area contributed by atoms with Crippen molar-refractivity contribution in [2.24, 2.45) is 0 Å². The molecule has 4 rings (SSSR count). The molecule has 124 valence electrons. The predicted molar refractivity (Wildman–Crippen MR) is 88.6 cm³/mol. The minimum Gasteiger partial charge on any atom is -0.356 e. The molecule has 3 heterocycles. The minimum absolute atomic E-state index is 0.230. The number of aryl methyl sites for hydroxylation is 1. The predicted octanol–water partition coefficient (Wildman–Crippen LogP) is 1.69. The molecule has 2 fully saturated rings. The molecular formula is C17H25N5O. The number of carbonyl (C=O) groups is 1.